The van der Waals surface area contributed by atoms with Crippen LogP contribution in [0.4, 0.5) is 5.69 Å². The molecule has 2 nitrogen and oxygen atoms in total. The Morgan fingerprint density at radius 1 is 1.17 bits per heavy atom. The average molecular weight is 275 g/mol. The molecule has 2 N–H and O–H groups in total. The van der Waals surface area contributed by atoms with Gasteiger partial charge in [0, 0.05) is 16.3 Å². The third kappa shape index (κ3) is 1.96. The Morgan fingerprint density at radius 2 is 2.00 bits per heavy atom. The Hall–Kier alpha value is -1.58. The van der Waals surface area contributed by atoms with Crippen LogP contribution in [0, 0.1) is 6.92 Å². The Balaban J connectivity index is 2.16. The SMILES string of the molecule is Cc1cc(-c2nc3ccc(Cl)cc3s2)ccc1N. The molecule has 4 heteroatoms. The maximum absolute atomic E-state index is 5.98. The number of nitrogens with two attached hydrogens (primary N) is 1. The summed E-state index contributed by atoms with van der Waals surface area (Å²) in [5.74, 6) is 0. The number of benzene rings is 2. The van der Waals surface area contributed by atoms with Gasteiger partial charge in [-0.05, 0) is 48.9 Å². The van der Waals surface area contributed by atoms with Gasteiger partial charge in [-0.2, -0.15) is 0 Å². The van der Waals surface area contributed by atoms with Gasteiger partial charge in [-0.1, -0.05) is 11.6 Å². The first kappa shape index (κ1) is 11.5. The topological polar surface area (TPSA) is 38.9 Å². The number of rotatable bonds is 1. The molecule has 0 saturated heterocycles. The second-order valence-electron chi connectivity index (χ2n) is 4.20. The number of aryl methyl sites for hydroxylation is 1. The molecular formula is C14H11ClN2S. The zero-order valence-corrected chi connectivity index (χ0v) is 11.3. The van der Waals surface area contributed by atoms with Crippen LogP contribution in [-0.4, -0.2) is 4.98 Å². The first-order valence-corrected chi connectivity index (χ1v) is 6.75. The molecule has 0 saturated carbocycles. The molecule has 3 rings (SSSR count). The van der Waals surface area contributed by atoms with Crippen LogP contribution in [0.5, 0.6) is 0 Å². The molecule has 0 bridgehead atoms. The van der Waals surface area contributed by atoms with Crippen molar-refractivity contribution in [1.29, 1.82) is 0 Å². The molecule has 0 aliphatic heterocycles. The van der Waals surface area contributed by atoms with E-state index in [-0.39, 0.29) is 0 Å². The molecule has 0 aliphatic rings. The van der Waals surface area contributed by atoms with Crippen molar-refractivity contribution in [1.82, 2.24) is 4.98 Å². The lowest BCUT2D eigenvalue weighted by molar-refractivity contribution is 1.43. The normalized spacial score (nSPS) is 11.0. The fourth-order valence-electron chi connectivity index (χ4n) is 1.83. The lowest BCUT2D eigenvalue weighted by Crippen LogP contribution is -1.89. The summed E-state index contributed by atoms with van der Waals surface area (Å²) in [6, 6.07) is 11.7. The summed E-state index contributed by atoms with van der Waals surface area (Å²) in [7, 11) is 0. The van der Waals surface area contributed by atoms with Gasteiger partial charge in [-0.25, -0.2) is 4.98 Å². The molecule has 0 radical (unpaired) electrons. The molecule has 90 valence electrons. The van der Waals surface area contributed by atoms with Gasteiger partial charge in [0.2, 0.25) is 0 Å². The van der Waals surface area contributed by atoms with E-state index >= 15 is 0 Å². The van der Waals surface area contributed by atoms with Crippen molar-refractivity contribution >= 4 is 38.8 Å². The summed E-state index contributed by atoms with van der Waals surface area (Å²) in [6.45, 7) is 2.00. The quantitative estimate of drug-likeness (QED) is 0.663. The number of aromatic nitrogens is 1. The fraction of sp³-hybridized carbons (Fsp3) is 0.0714. The van der Waals surface area contributed by atoms with Crippen LogP contribution >= 0.6 is 22.9 Å². The van der Waals surface area contributed by atoms with Crippen molar-refractivity contribution in [2.45, 2.75) is 6.92 Å². The van der Waals surface area contributed by atoms with Gasteiger partial charge in [0.15, 0.2) is 0 Å². The first-order valence-electron chi connectivity index (χ1n) is 5.56. The van der Waals surface area contributed by atoms with E-state index in [4.69, 9.17) is 17.3 Å². The van der Waals surface area contributed by atoms with Crippen molar-refractivity contribution in [2.75, 3.05) is 5.73 Å². The van der Waals surface area contributed by atoms with Gasteiger partial charge in [0.05, 0.1) is 10.2 Å². The smallest absolute Gasteiger partial charge is 0.124 e. The maximum atomic E-state index is 5.98. The van der Waals surface area contributed by atoms with Gasteiger partial charge in [-0.15, -0.1) is 11.3 Å². The van der Waals surface area contributed by atoms with E-state index in [1.54, 1.807) is 11.3 Å². The molecule has 0 atom stereocenters. The molecular weight excluding hydrogens is 264 g/mol. The predicted molar refractivity (Wildman–Crippen MR) is 79.2 cm³/mol. The van der Waals surface area contributed by atoms with Crippen LogP contribution in [0.3, 0.4) is 0 Å². The standard InChI is InChI=1S/C14H11ClN2S/c1-8-6-9(2-4-11(8)16)14-17-12-5-3-10(15)7-13(12)18-14/h2-7H,16H2,1H3. The second kappa shape index (κ2) is 4.26. The maximum Gasteiger partial charge on any atom is 0.124 e. The number of anilines is 1. The lowest BCUT2D eigenvalue weighted by Gasteiger charge is -2.01. The summed E-state index contributed by atoms with van der Waals surface area (Å²) in [4.78, 5) is 4.61. The number of nitrogens with zero attached hydrogens (tertiary/aromatic N) is 1. The van der Waals surface area contributed by atoms with E-state index in [0.29, 0.717) is 0 Å². The summed E-state index contributed by atoms with van der Waals surface area (Å²) in [5.41, 5.74) is 9.79. The van der Waals surface area contributed by atoms with Gasteiger partial charge >= 0.3 is 0 Å². The fourth-order valence-corrected chi connectivity index (χ4v) is 3.07. The minimum Gasteiger partial charge on any atom is -0.399 e. The molecule has 0 fully saturated rings. The molecule has 3 aromatic rings. The second-order valence-corrected chi connectivity index (χ2v) is 5.67. The van der Waals surface area contributed by atoms with E-state index in [2.05, 4.69) is 11.1 Å². The van der Waals surface area contributed by atoms with Crippen molar-refractivity contribution < 1.29 is 0 Å². The largest absolute Gasteiger partial charge is 0.399 e. The minimum absolute atomic E-state index is 0.742. The van der Waals surface area contributed by atoms with E-state index < -0.39 is 0 Å². The highest BCUT2D eigenvalue weighted by Gasteiger charge is 2.07. The third-order valence-corrected chi connectivity index (χ3v) is 4.17. The summed E-state index contributed by atoms with van der Waals surface area (Å²) in [6.07, 6.45) is 0. The molecule has 2 aromatic carbocycles. The zero-order valence-electron chi connectivity index (χ0n) is 9.77. The number of nitrogen functional groups attached to an aromatic ring is 1. The van der Waals surface area contributed by atoms with Crippen LogP contribution in [0.25, 0.3) is 20.8 Å². The number of thiazole rings is 1. The molecule has 1 aromatic heterocycles. The third-order valence-electron chi connectivity index (χ3n) is 2.87. The Kier molecular flexibility index (Phi) is 2.73. The van der Waals surface area contributed by atoms with Crippen LogP contribution in [0.15, 0.2) is 36.4 Å². The number of hydrogen-bond donors (Lipinski definition) is 1. The van der Waals surface area contributed by atoms with Gasteiger partial charge < -0.3 is 5.73 Å². The number of halogens is 1. The van der Waals surface area contributed by atoms with E-state index in [1.165, 1.54) is 0 Å². The Labute approximate surface area is 114 Å². The van der Waals surface area contributed by atoms with E-state index in [1.807, 2.05) is 37.3 Å². The summed E-state index contributed by atoms with van der Waals surface area (Å²) in [5, 5.41) is 1.74. The first-order chi connectivity index (χ1) is 8.63. The van der Waals surface area contributed by atoms with Crippen LogP contribution in [-0.2, 0) is 0 Å². The zero-order chi connectivity index (χ0) is 12.7. The summed E-state index contributed by atoms with van der Waals surface area (Å²) < 4.78 is 1.10. The number of fused-ring (bicyclic) bond motifs is 1. The van der Waals surface area contributed by atoms with Crippen molar-refractivity contribution in [3.05, 3.63) is 47.0 Å². The molecule has 0 aliphatic carbocycles. The minimum atomic E-state index is 0.742. The average Bonchev–Trinajstić information content (AvgIpc) is 2.75. The van der Waals surface area contributed by atoms with Crippen LogP contribution in [0.2, 0.25) is 5.02 Å². The summed E-state index contributed by atoms with van der Waals surface area (Å²) >= 11 is 7.63. The van der Waals surface area contributed by atoms with Crippen LogP contribution in [0.1, 0.15) is 5.56 Å². The molecule has 0 spiro atoms. The lowest BCUT2D eigenvalue weighted by atomic mass is 10.1. The van der Waals surface area contributed by atoms with Crippen LogP contribution < -0.4 is 5.73 Å². The Bertz CT molecular complexity index is 734. The van der Waals surface area contributed by atoms with Gasteiger partial charge in [0.1, 0.15) is 5.01 Å². The van der Waals surface area contributed by atoms with Gasteiger partial charge in [0.25, 0.3) is 0 Å². The highest BCUT2D eigenvalue weighted by Crippen LogP contribution is 2.32. The molecule has 1 heterocycles. The number of hydrogen-bond acceptors (Lipinski definition) is 3. The van der Waals surface area contributed by atoms with E-state index in [9.17, 15) is 0 Å². The van der Waals surface area contributed by atoms with E-state index in [0.717, 1.165) is 37.1 Å². The van der Waals surface area contributed by atoms with Gasteiger partial charge in [-0.3, -0.25) is 0 Å². The highest BCUT2D eigenvalue weighted by molar-refractivity contribution is 7.21. The molecule has 18 heavy (non-hydrogen) atoms. The molecule has 0 amide bonds. The Morgan fingerprint density at radius 3 is 2.78 bits per heavy atom. The molecule has 0 unspecified atom stereocenters. The highest BCUT2D eigenvalue weighted by atomic mass is 35.5. The monoisotopic (exact) mass is 274 g/mol. The predicted octanol–water partition coefficient (Wildman–Crippen LogP) is 4.51. The van der Waals surface area contributed by atoms with Crippen molar-refractivity contribution in [2.24, 2.45) is 0 Å². The van der Waals surface area contributed by atoms with Crippen molar-refractivity contribution in [3.8, 4) is 10.6 Å². The van der Waals surface area contributed by atoms with Crippen molar-refractivity contribution in [3.63, 3.8) is 0 Å².